The normalized spacial score (nSPS) is 9.57. The summed E-state index contributed by atoms with van der Waals surface area (Å²) < 4.78 is 13.1. The van der Waals surface area contributed by atoms with Crippen LogP contribution in [0.25, 0.3) is 0 Å². The Kier molecular flexibility index (Phi) is 2.81. The van der Waals surface area contributed by atoms with Gasteiger partial charge in [-0.3, -0.25) is 10.1 Å². The fourth-order valence-electron chi connectivity index (χ4n) is 1.00. The third-order valence-electron chi connectivity index (χ3n) is 1.60. The molecule has 14 heavy (non-hydrogen) atoms. The molecule has 0 aliphatic heterocycles. The monoisotopic (exact) mass is 197 g/mol. The van der Waals surface area contributed by atoms with Crippen LogP contribution in [0, 0.1) is 5.82 Å². The highest BCUT2D eigenvalue weighted by molar-refractivity contribution is 5.95. The first-order valence-corrected chi connectivity index (χ1v) is 3.81. The summed E-state index contributed by atoms with van der Waals surface area (Å²) in [5.74, 6) is -1.13. The number of amides is 1. The van der Waals surface area contributed by atoms with E-state index in [0.29, 0.717) is 0 Å². The molecule has 0 bridgehead atoms. The molecule has 1 aromatic rings. The lowest BCUT2D eigenvalue weighted by molar-refractivity contribution is 0.101. The second kappa shape index (κ2) is 3.87. The maximum absolute atomic E-state index is 13.1. The first-order chi connectivity index (χ1) is 6.50. The molecule has 1 rings (SSSR count). The summed E-state index contributed by atoms with van der Waals surface area (Å²) in [6.07, 6.45) is -1.28. The van der Waals surface area contributed by atoms with Crippen molar-refractivity contribution in [2.45, 2.75) is 6.92 Å². The number of hydrogen-bond acceptors (Lipinski definition) is 2. The van der Waals surface area contributed by atoms with Crippen LogP contribution in [0.3, 0.4) is 0 Å². The van der Waals surface area contributed by atoms with Gasteiger partial charge in [0.2, 0.25) is 0 Å². The highest BCUT2D eigenvalue weighted by atomic mass is 19.1. The number of Topliss-reactive ketones (excluding diaryl/α,β-unsaturated/α-hetero) is 1. The van der Waals surface area contributed by atoms with Crippen molar-refractivity contribution in [1.29, 1.82) is 0 Å². The molecule has 1 amide bonds. The third-order valence-corrected chi connectivity index (χ3v) is 1.60. The van der Waals surface area contributed by atoms with Crippen LogP contribution in [0.5, 0.6) is 0 Å². The minimum atomic E-state index is -1.28. The first-order valence-electron chi connectivity index (χ1n) is 3.81. The molecule has 0 radical (unpaired) electrons. The number of anilines is 1. The Morgan fingerprint density at radius 3 is 2.50 bits per heavy atom. The maximum Gasteiger partial charge on any atom is 0.409 e. The van der Waals surface area contributed by atoms with Gasteiger partial charge in [-0.05, 0) is 25.1 Å². The molecule has 0 saturated heterocycles. The zero-order valence-corrected chi connectivity index (χ0v) is 7.37. The molecule has 0 aliphatic rings. The lowest BCUT2D eigenvalue weighted by Gasteiger charge is -2.02. The molecule has 5 heteroatoms. The Morgan fingerprint density at radius 1 is 1.43 bits per heavy atom. The van der Waals surface area contributed by atoms with E-state index in [9.17, 15) is 14.0 Å². The number of benzene rings is 1. The van der Waals surface area contributed by atoms with Crippen LogP contribution in [-0.2, 0) is 0 Å². The molecule has 2 N–H and O–H groups in total. The van der Waals surface area contributed by atoms with Gasteiger partial charge in [-0.25, -0.2) is 9.18 Å². The second-order valence-corrected chi connectivity index (χ2v) is 2.68. The lowest BCUT2D eigenvalue weighted by atomic mass is 10.1. The van der Waals surface area contributed by atoms with Gasteiger partial charge in [0.05, 0.1) is 5.56 Å². The minimum absolute atomic E-state index is 0.0547. The van der Waals surface area contributed by atoms with Crippen molar-refractivity contribution in [2.24, 2.45) is 0 Å². The standard InChI is InChI=1S/C9H8FNO3/c1-5(12)7-3-2-6(4-8(7)10)11-9(13)14/h2-4,11H,1H3,(H,13,14). The van der Waals surface area contributed by atoms with Crippen molar-refractivity contribution >= 4 is 17.6 Å². The maximum atomic E-state index is 13.1. The van der Waals surface area contributed by atoms with E-state index in [1.807, 2.05) is 5.32 Å². The summed E-state index contributed by atoms with van der Waals surface area (Å²) in [6, 6.07) is 3.53. The molecule has 0 saturated carbocycles. The summed E-state index contributed by atoms with van der Waals surface area (Å²) in [4.78, 5) is 21.0. The number of rotatable bonds is 2. The van der Waals surface area contributed by atoms with Crippen LogP contribution in [0.4, 0.5) is 14.9 Å². The summed E-state index contributed by atoms with van der Waals surface area (Å²) in [5, 5.41) is 10.3. The van der Waals surface area contributed by atoms with E-state index in [4.69, 9.17) is 5.11 Å². The van der Waals surface area contributed by atoms with Crippen LogP contribution in [0.15, 0.2) is 18.2 Å². The van der Waals surface area contributed by atoms with Gasteiger partial charge in [-0.15, -0.1) is 0 Å². The molecule has 0 aliphatic carbocycles. The Bertz CT molecular complexity index is 390. The van der Waals surface area contributed by atoms with Crippen molar-refractivity contribution in [2.75, 3.05) is 5.32 Å². The number of carbonyl (C=O) groups is 2. The zero-order chi connectivity index (χ0) is 10.7. The first kappa shape index (κ1) is 10.2. The van der Waals surface area contributed by atoms with E-state index < -0.39 is 17.7 Å². The Labute approximate surface area is 79.4 Å². The molecule has 74 valence electrons. The molecule has 0 atom stereocenters. The van der Waals surface area contributed by atoms with Gasteiger partial charge in [0.1, 0.15) is 5.82 Å². The van der Waals surface area contributed by atoms with Gasteiger partial charge in [-0.2, -0.15) is 0 Å². The van der Waals surface area contributed by atoms with Gasteiger partial charge in [-0.1, -0.05) is 0 Å². The second-order valence-electron chi connectivity index (χ2n) is 2.68. The number of halogens is 1. The van der Waals surface area contributed by atoms with Crippen LogP contribution >= 0.6 is 0 Å². The topological polar surface area (TPSA) is 66.4 Å². The van der Waals surface area contributed by atoms with Crippen LogP contribution < -0.4 is 5.32 Å². The van der Waals surface area contributed by atoms with Gasteiger partial charge in [0.25, 0.3) is 0 Å². The number of hydrogen-bond donors (Lipinski definition) is 2. The average molecular weight is 197 g/mol. The summed E-state index contributed by atoms with van der Waals surface area (Å²) in [5.41, 5.74) is 0.0425. The Balaban J connectivity index is 3.00. The summed E-state index contributed by atoms with van der Waals surface area (Å²) in [7, 11) is 0. The van der Waals surface area contributed by atoms with Crippen molar-refractivity contribution in [3.63, 3.8) is 0 Å². The molecule has 0 aromatic heterocycles. The van der Waals surface area contributed by atoms with E-state index >= 15 is 0 Å². The molecular weight excluding hydrogens is 189 g/mol. The molecule has 0 unspecified atom stereocenters. The predicted octanol–water partition coefficient (Wildman–Crippen LogP) is 2.12. The summed E-state index contributed by atoms with van der Waals surface area (Å²) >= 11 is 0. The number of carboxylic acid groups (broad SMARTS) is 1. The van der Waals surface area contributed by atoms with Gasteiger partial charge in [0.15, 0.2) is 5.78 Å². The highest BCUT2D eigenvalue weighted by Gasteiger charge is 2.08. The van der Waals surface area contributed by atoms with Crippen molar-refractivity contribution in [3.8, 4) is 0 Å². The average Bonchev–Trinajstić information content (AvgIpc) is 2.01. The molecule has 4 nitrogen and oxygen atoms in total. The minimum Gasteiger partial charge on any atom is -0.465 e. The predicted molar refractivity (Wildman–Crippen MR) is 48.1 cm³/mol. The van der Waals surface area contributed by atoms with Crippen LogP contribution in [-0.4, -0.2) is 17.0 Å². The number of ketones is 1. The van der Waals surface area contributed by atoms with E-state index in [-0.39, 0.29) is 11.3 Å². The van der Waals surface area contributed by atoms with Gasteiger partial charge >= 0.3 is 6.09 Å². The largest absolute Gasteiger partial charge is 0.465 e. The quantitative estimate of drug-likeness (QED) is 0.713. The lowest BCUT2D eigenvalue weighted by Crippen LogP contribution is -2.08. The van der Waals surface area contributed by atoms with Crippen LogP contribution in [0.2, 0.25) is 0 Å². The number of nitrogens with one attached hydrogen (secondary N) is 1. The fraction of sp³-hybridized carbons (Fsp3) is 0.111. The number of carbonyl (C=O) groups excluding carboxylic acids is 1. The molecule has 0 heterocycles. The molecular formula is C9H8FNO3. The SMILES string of the molecule is CC(=O)c1ccc(NC(=O)O)cc1F. The fourth-order valence-corrected chi connectivity index (χ4v) is 1.00. The van der Waals surface area contributed by atoms with Crippen molar-refractivity contribution < 1.29 is 19.1 Å². The van der Waals surface area contributed by atoms with Crippen molar-refractivity contribution in [1.82, 2.24) is 0 Å². The van der Waals surface area contributed by atoms with E-state index in [2.05, 4.69) is 0 Å². The molecule has 1 aromatic carbocycles. The molecule has 0 spiro atoms. The van der Waals surface area contributed by atoms with Crippen LogP contribution in [0.1, 0.15) is 17.3 Å². The summed E-state index contributed by atoms with van der Waals surface area (Å²) in [6.45, 7) is 1.24. The zero-order valence-electron chi connectivity index (χ0n) is 7.37. The van der Waals surface area contributed by atoms with E-state index in [0.717, 1.165) is 6.07 Å². The Hall–Kier alpha value is -1.91. The third kappa shape index (κ3) is 2.29. The molecule has 0 fully saturated rings. The smallest absolute Gasteiger partial charge is 0.409 e. The highest BCUT2D eigenvalue weighted by Crippen LogP contribution is 2.14. The Morgan fingerprint density at radius 2 is 2.07 bits per heavy atom. The van der Waals surface area contributed by atoms with Crippen molar-refractivity contribution in [3.05, 3.63) is 29.6 Å². The van der Waals surface area contributed by atoms with Gasteiger partial charge < -0.3 is 5.11 Å². The van der Waals surface area contributed by atoms with E-state index in [1.54, 1.807) is 0 Å². The van der Waals surface area contributed by atoms with E-state index in [1.165, 1.54) is 19.1 Å². The van der Waals surface area contributed by atoms with Gasteiger partial charge in [0, 0.05) is 5.69 Å².